The number of hydrogen-bond acceptors (Lipinski definition) is 6. The summed E-state index contributed by atoms with van der Waals surface area (Å²) in [5.41, 5.74) is -0.0318. The van der Waals surface area contributed by atoms with Crippen molar-refractivity contribution in [3.05, 3.63) is 44.9 Å². The minimum atomic E-state index is -0.393. The lowest BCUT2D eigenvalue weighted by Crippen LogP contribution is -2.37. The van der Waals surface area contributed by atoms with Crippen molar-refractivity contribution in [1.29, 1.82) is 0 Å². The molecular weight excluding hydrogens is 392 g/mol. The maximum Gasteiger partial charge on any atom is 0.252 e. The Bertz CT molecular complexity index is 833. The van der Waals surface area contributed by atoms with E-state index in [2.05, 4.69) is 31.2 Å². The van der Waals surface area contributed by atoms with Crippen molar-refractivity contribution in [3.8, 4) is 5.75 Å². The summed E-state index contributed by atoms with van der Waals surface area (Å²) in [7, 11) is 0. The highest BCUT2D eigenvalue weighted by Crippen LogP contribution is 2.31. The second kappa shape index (κ2) is 7.66. The van der Waals surface area contributed by atoms with Crippen molar-refractivity contribution in [2.75, 3.05) is 36.5 Å². The highest BCUT2D eigenvalue weighted by molar-refractivity contribution is 9.10. The molecule has 0 atom stereocenters. The summed E-state index contributed by atoms with van der Waals surface area (Å²) in [4.78, 5) is 33.0. The average Bonchev–Trinajstić information content (AvgIpc) is 2.59. The molecule has 25 heavy (non-hydrogen) atoms. The fraction of sp³-hybridized carbons (Fsp3) is 0.312. The summed E-state index contributed by atoms with van der Waals surface area (Å²) < 4.78 is 5.76. The molecule has 0 radical (unpaired) electrons. The number of phenols is 1. The summed E-state index contributed by atoms with van der Waals surface area (Å²) in [5, 5.41) is 12.5. The van der Waals surface area contributed by atoms with Crippen molar-refractivity contribution < 1.29 is 14.6 Å². The molecule has 3 N–H and O–H groups in total. The maximum atomic E-state index is 12.2. The summed E-state index contributed by atoms with van der Waals surface area (Å²) in [6, 6.07) is 6.35. The lowest BCUT2D eigenvalue weighted by atomic mass is 10.2. The Kier molecular flexibility index (Phi) is 5.34. The standard InChI is InChI=1S/C16H17BrN4O4/c17-10-2-1-3-11(16(10)24)18-14(22)8-12-19-13(9-15(23)20-12)21-4-6-25-7-5-21/h1-3,9,24H,4-8H2,(H,18,22)(H,19,20,23). The van der Waals surface area contributed by atoms with E-state index in [0.29, 0.717) is 36.6 Å². The molecule has 1 aromatic carbocycles. The molecule has 0 bridgehead atoms. The van der Waals surface area contributed by atoms with Crippen LogP contribution in [0.1, 0.15) is 5.82 Å². The number of aromatic nitrogens is 2. The largest absolute Gasteiger partial charge is 0.505 e. The first-order valence-electron chi connectivity index (χ1n) is 7.73. The highest BCUT2D eigenvalue weighted by Gasteiger charge is 2.16. The van der Waals surface area contributed by atoms with Crippen molar-refractivity contribution in [2.45, 2.75) is 6.42 Å². The summed E-state index contributed by atoms with van der Waals surface area (Å²) in [6.45, 7) is 2.45. The normalized spacial score (nSPS) is 14.4. The molecule has 1 aromatic heterocycles. The van der Waals surface area contributed by atoms with Gasteiger partial charge in [0.2, 0.25) is 5.91 Å². The van der Waals surface area contributed by atoms with Crippen molar-refractivity contribution in [3.63, 3.8) is 0 Å². The molecule has 9 heteroatoms. The van der Waals surface area contributed by atoms with Gasteiger partial charge in [-0.15, -0.1) is 0 Å². The van der Waals surface area contributed by atoms with E-state index in [-0.39, 0.29) is 29.2 Å². The number of nitrogens with one attached hydrogen (secondary N) is 2. The van der Waals surface area contributed by atoms with Crippen LogP contribution in [-0.2, 0) is 16.0 Å². The van der Waals surface area contributed by atoms with Crippen LogP contribution in [0.3, 0.4) is 0 Å². The second-order valence-electron chi connectivity index (χ2n) is 5.51. The molecule has 1 amide bonds. The first-order valence-corrected chi connectivity index (χ1v) is 8.52. The van der Waals surface area contributed by atoms with E-state index in [1.54, 1.807) is 18.2 Å². The van der Waals surface area contributed by atoms with Gasteiger partial charge in [0.15, 0.2) is 5.75 Å². The smallest absolute Gasteiger partial charge is 0.252 e. The zero-order valence-corrected chi connectivity index (χ0v) is 14.9. The molecule has 0 saturated carbocycles. The van der Waals surface area contributed by atoms with Crippen LogP contribution in [0.4, 0.5) is 11.5 Å². The number of benzene rings is 1. The molecule has 132 valence electrons. The molecule has 8 nitrogen and oxygen atoms in total. The molecule has 2 aromatic rings. The van der Waals surface area contributed by atoms with E-state index < -0.39 is 5.91 Å². The van der Waals surface area contributed by atoms with Crippen LogP contribution in [0.15, 0.2) is 33.5 Å². The Morgan fingerprint density at radius 1 is 1.40 bits per heavy atom. The number of hydrogen-bond donors (Lipinski definition) is 3. The van der Waals surface area contributed by atoms with Gasteiger partial charge in [0.05, 0.1) is 29.8 Å². The van der Waals surface area contributed by atoms with Crippen LogP contribution in [-0.4, -0.2) is 47.3 Å². The number of para-hydroxylation sites is 1. The van der Waals surface area contributed by atoms with Gasteiger partial charge < -0.3 is 25.0 Å². The SMILES string of the molecule is O=C(Cc1nc(N2CCOCC2)cc(=O)[nH]1)Nc1cccc(Br)c1O. The summed E-state index contributed by atoms with van der Waals surface area (Å²) >= 11 is 3.19. The quantitative estimate of drug-likeness (QED) is 0.657. The van der Waals surface area contributed by atoms with Gasteiger partial charge >= 0.3 is 0 Å². The van der Waals surface area contributed by atoms with Crippen LogP contribution in [0.2, 0.25) is 0 Å². The van der Waals surface area contributed by atoms with Gasteiger partial charge in [0.25, 0.3) is 5.56 Å². The number of H-pyrrole nitrogens is 1. The van der Waals surface area contributed by atoms with E-state index in [9.17, 15) is 14.7 Å². The Labute approximate surface area is 152 Å². The maximum absolute atomic E-state index is 12.2. The van der Waals surface area contributed by atoms with Crippen molar-refractivity contribution in [1.82, 2.24) is 9.97 Å². The molecule has 0 unspecified atom stereocenters. The predicted octanol–water partition coefficient (Wildman–Crippen LogP) is 1.26. The Morgan fingerprint density at radius 2 is 2.16 bits per heavy atom. The third-order valence-electron chi connectivity index (χ3n) is 3.70. The molecule has 1 fully saturated rings. The van der Waals surface area contributed by atoms with Crippen molar-refractivity contribution >= 4 is 33.3 Å². The monoisotopic (exact) mass is 408 g/mol. The highest BCUT2D eigenvalue weighted by atomic mass is 79.9. The zero-order chi connectivity index (χ0) is 17.8. The molecule has 1 aliphatic heterocycles. The number of phenolic OH excluding ortho intramolecular Hbond substituents is 1. The molecule has 0 aliphatic carbocycles. The van der Waals surface area contributed by atoms with E-state index in [4.69, 9.17) is 4.74 Å². The number of morpholine rings is 1. The fourth-order valence-corrected chi connectivity index (χ4v) is 2.86. The van der Waals surface area contributed by atoms with Gasteiger partial charge in [-0.05, 0) is 28.1 Å². The van der Waals surface area contributed by atoms with Gasteiger partial charge in [-0.3, -0.25) is 9.59 Å². The van der Waals surface area contributed by atoms with Gasteiger partial charge in [-0.25, -0.2) is 4.98 Å². The van der Waals surface area contributed by atoms with Crippen LogP contribution < -0.4 is 15.8 Å². The Hall–Kier alpha value is -2.39. The fourth-order valence-electron chi connectivity index (χ4n) is 2.49. The third-order valence-corrected chi connectivity index (χ3v) is 4.34. The van der Waals surface area contributed by atoms with E-state index in [1.807, 2.05) is 4.90 Å². The number of nitrogens with zero attached hydrogens (tertiary/aromatic N) is 2. The van der Waals surface area contributed by atoms with Crippen LogP contribution in [0.25, 0.3) is 0 Å². The topological polar surface area (TPSA) is 108 Å². The number of carbonyl (C=O) groups is 1. The average molecular weight is 409 g/mol. The predicted molar refractivity (Wildman–Crippen MR) is 96.0 cm³/mol. The zero-order valence-electron chi connectivity index (χ0n) is 13.3. The lowest BCUT2D eigenvalue weighted by molar-refractivity contribution is -0.115. The van der Waals surface area contributed by atoms with E-state index in [0.717, 1.165) is 0 Å². The third kappa shape index (κ3) is 4.37. The van der Waals surface area contributed by atoms with Gasteiger partial charge in [0, 0.05) is 19.2 Å². The number of amides is 1. The summed E-state index contributed by atoms with van der Waals surface area (Å²) in [5.74, 6) is 0.344. The Balaban J connectivity index is 1.73. The van der Waals surface area contributed by atoms with Crippen LogP contribution in [0, 0.1) is 0 Å². The van der Waals surface area contributed by atoms with E-state index >= 15 is 0 Å². The summed E-state index contributed by atoms with van der Waals surface area (Å²) in [6.07, 6.45) is -0.112. The molecule has 1 saturated heterocycles. The number of aromatic hydroxyl groups is 1. The molecule has 3 rings (SSSR count). The van der Waals surface area contributed by atoms with Gasteiger partial charge in [-0.1, -0.05) is 6.07 Å². The number of ether oxygens (including phenoxy) is 1. The van der Waals surface area contributed by atoms with Crippen molar-refractivity contribution in [2.24, 2.45) is 0 Å². The molecule has 0 spiro atoms. The molecule has 2 heterocycles. The number of rotatable bonds is 4. The number of carbonyl (C=O) groups excluding carboxylic acids is 1. The van der Waals surface area contributed by atoms with Gasteiger partial charge in [-0.2, -0.15) is 0 Å². The minimum Gasteiger partial charge on any atom is -0.505 e. The minimum absolute atomic E-state index is 0.0561. The Morgan fingerprint density at radius 3 is 2.92 bits per heavy atom. The number of halogens is 1. The first kappa shape index (κ1) is 17.4. The molecular formula is C16H17BrN4O4. The van der Waals surface area contributed by atoms with E-state index in [1.165, 1.54) is 6.07 Å². The lowest BCUT2D eigenvalue weighted by Gasteiger charge is -2.27. The number of anilines is 2. The second-order valence-corrected chi connectivity index (χ2v) is 6.36. The molecule has 1 aliphatic rings. The van der Waals surface area contributed by atoms with Crippen LogP contribution >= 0.6 is 15.9 Å². The number of aromatic amines is 1. The first-order chi connectivity index (χ1) is 12.0. The van der Waals surface area contributed by atoms with Gasteiger partial charge in [0.1, 0.15) is 11.6 Å². The van der Waals surface area contributed by atoms with Crippen LogP contribution in [0.5, 0.6) is 5.75 Å².